The zero-order valence-electron chi connectivity index (χ0n) is 10.1. The van der Waals surface area contributed by atoms with E-state index in [1.165, 1.54) is 4.88 Å². The third-order valence-electron chi connectivity index (χ3n) is 2.73. The first kappa shape index (κ1) is 13.6. The molecule has 2 nitrogen and oxygen atoms in total. The van der Waals surface area contributed by atoms with E-state index >= 15 is 0 Å². The van der Waals surface area contributed by atoms with E-state index < -0.39 is 0 Å². The summed E-state index contributed by atoms with van der Waals surface area (Å²) in [7, 11) is 1.65. The standard InChI is InChI=1S/C14H15BrO2S/c1-17-12-4-5-14(15)10(8-12)7-11(16)9-13-3-2-6-18-13/h2-6,8,11,16H,7,9H2,1H3. The van der Waals surface area contributed by atoms with Crippen molar-refractivity contribution in [1.29, 1.82) is 0 Å². The average molecular weight is 327 g/mol. The molecule has 1 aromatic carbocycles. The van der Waals surface area contributed by atoms with Crippen LogP contribution in [0.3, 0.4) is 0 Å². The zero-order chi connectivity index (χ0) is 13.0. The van der Waals surface area contributed by atoms with E-state index in [2.05, 4.69) is 22.0 Å². The molecule has 18 heavy (non-hydrogen) atoms. The van der Waals surface area contributed by atoms with Crippen molar-refractivity contribution in [2.75, 3.05) is 7.11 Å². The van der Waals surface area contributed by atoms with Gasteiger partial charge in [0.05, 0.1) is 13.2 Å². The lowest BCUT2D eigenvalue weighted by Crippen LogP contribution is -2.13. The van der Waals surface area contributed by atoms with Crippen molar-refractivity contribution in [3.63, 3.8) is 0 Å². The number of methoxy groups -OCH3 is 1. The van der Waals surface area contributed by atoms with Crippen LogP contribution in [0.1, 0.15) is 10.4 Å². The number of ether oxygens (including phenoxy) is 1. The fourth-order valence-corrected chi connectivity index (χ4v) is 3.01. The molecular formula is C14H15BrO2S. The molecule has 0 bridgehead atoms. The van der Waals surface area contributed by atoms with Gasteiger partial charge in [-0.3, -0.25) is 0 Å². The molecule has 96 valence electrons. The van der Waals surface area contributed by atoms with Gasteiger partial charge >= 0.3 is 0 Å². The number of halogens is 1. The van der Waals surface area contributed by atoms with E-state index in [0.29, 0.717) is 12.8 Å². The van der Waals surface area contributed by atoms with Gasteiger partial charge in [-0.25, -0.2) is 0 Å². The fourth-order valence-electron chi connectivity index (χ4n) is 1.82. The Morgan fingerprint density at radius 1 is 1.33 bits per heavy atom. The minimum absolute atomic E-state index is 0.368. The second kappa shape index (κ2) is 6.36. The highest BCUT2D eigenvalue weighted by Gasteiger charge is 2.10. The molecule has 0 saturated heterocycles. The molecule has 0 aliphatic heterocycles. The number of hydrogen-bond acceptors (Lipinski definition) is 3. The molecular weight excluding hydrogens is 312 g/mol. The maximum atomic E-state index is 10.1. The van der Waals surface area contributed by atoms with Crippen LogP contribution in [0.5, 0.6) is 5.75 Å². The molecule has 0 aliphatic rings. The SMILES string of the molecule is COc1ccc(Br)c(CC(O)Cc2cccs2)c1. The molecule has 0 aliphatic carbocycles. The smallest absolute Gasteiger partial charge is 0.119 e. The number of rotatable bonds is 5. The van der Waals surface area contributed by atoms with Crippen LogP contribution in [0.2, 0.25) is 0 Å². The number of thiophene rings is 1. The van der Waals surface area contributed by atoms with Gasteiger partial charge in [-0.15, -0.1) is 11.3 Å². The largest absolute Gasteiger partial charge is 0.497 e. The Morgan fingerprint density at radius 2 is 2.17 bits per heavy atom. The van der Waals surface area contributed by atoms with E-state index in [9.17, 15) is 5.11 Å². The van der Waals surface area contributed by atoms with Gasteiger partial charge in [-0.1, -0.05) is 22.0 Å². The van der Waals surface area contributed by atoms with Crippen LogP contribution < -0.4 is 4.74 Å². The minimum atomic E-state index is -0.368. The summed E-state index contributed by atoms with van der Waals surface area (Å²) in [4.78, 5) is 1.21. The number of aliphatic hydroxyl groups is 1. The molecule has 0 radical (unpaired) electrons. The molecule has 1 aromatic heterocycles. The van der Waals surface area contributed by atoms with Gasteiger partial charge in [0, 0.05) is 15.8 Å². The highest BCUT2D eigenvalue weighted by Crippen LogP contribution is 2.24. The summed E-state index contributed by atoms with van der Waals surface area (Å²) in [5.41, 5.74) is 1.07. The van der Waals surface area contributed by atoms with Gasteiger partial charge in [-0.2, -0.15) is 0 Å². The summed E-state index contributed by atoms with van der Waals surface area (Å²) in [6, 6.07) is 9.87. The Balaban J connectivity index is 2.04. The lowest BCUT2D eigenvalue weighted by Gasteiger charge is -2.12. The van der Waals surface area contributed by atoms with Crippen molar-refractivity contribution < 1.29 is 9.84 Å². The van der Waals surface area contributed by atoms with Gasteiger partial charge in [0.25, 0.3) is 0 Å². The fraction of sp³-hybridized carbons (Fsp3) is 0.286. The lowest BCUT2D eigenvalue weighted by atomic mass is 10.0. The minimum Gasteiger partial charge on any atom is -0.497 e. The van der Waals surface area contributed by atoms with E-state index in [1.807, 2.05) is 29.6 Å². The Hall–Kier alpha value is -0.840. The third kappa shape index (κ3) is 3.57. The van der Waals surface area contributed by atoms with E-state index in [0.717, 1.165) is 15.8 Å². The molecule has 0 spiro atoms. The number of benzene rings is 1. The summed E-state index contributed by atoms with van der Waals surface area (Å²) >= 11 is 5.18. The van der Waals surface area contributed by atoms with Gasteiger partial charge in [0.15, 0.2) is 0 Å². The molecule has 2 rings (SSSR count). The third-order valence-corrected chi connectivity index (χ3v) is 4.40. The summed E-state index contributed by atoms with van der Waals surface area (Å²) in [6.45, 7) is 0. The summed E-state index contributed by atoms with van der Waals surface area (Å²) < 4.78 is 6.20. The highest BCUT2D eigenvalue weighted by atomic mass is 79.9. The van der Waals surface area contributed by atoms with E-state index in [4.69, 9.17) is 4.74 Å². The van der Waals surface area contributed by atoms with Crippen LogP contribution in [0, 0.1) is 0 Å². The van der Waals surface area contributed by atoms with Crippen molar-refractivity contribution in [2.45, 2.75) is 18.9 Å². The highest BCUT2D eigenvalue weighted by molar-refractivity contribution is 9.10. The first-order valence-corrected chi connectivity index (χ1v) is 7.39. The van der Waals surface area contributed by atoms with Crippen LogP contribution in [-0.2, 0) is 12.8 Å². The molecule has 0 fully saturated rings. The predicted molar refractivity (Wildman–Crippen MR) is 78.4 cm³/mol. The zero-order valence-corrected chi connectivity index (χ0v) is 12.5. The molecule has 1 heterocycles. The van der Waals surface area contributed by atoms with Gasteiger partial charge in [-0.05, 0) is 41.6 Å². The molecule has 0 saturated carbocycles. The Morgan fingerprint density at radius 3 is 2.83 bits per heavy atom. The first-order valence-electron chi connectivity index (χ1n) is 5.72. The molecule has 4 heteroatoms. The van der Waals surface area contributed by atoms with E-state index in [-0.39, 0.29) is 6.10 Å². The lowest BCUT2D eigenvalue weighted by molar-refractivity contribution is 0.176. The predicted octanol–water partition coefficient (Wildman–Crippen LogP) is 3.67. The number of hydrogen-bond donors (Lipinski definition) is 1. The second-order valence-corrected chi connectivity index (χ2v) is 5.99. The van der Waals surface area contributed by atoms with Crippen LogP contribution in [0.4, 0.5) is 0 Å². The normalized spacial score (nSPS) is 12.4. The molecule has 2 aromatic rings. The summed E-state index contributed by atoms with van der Waals surface area (Å²) in [5.74, 6) is 0.816. The van der Waals surface area contributed by atoms with Gasteiger partial charge < -0.3 is 9.84 Å². The van der Waals surface area contributed by atoms with Crippen LogP contribution in [-0.4, -0.2) is 18.3 Å². The molecule has 1 atom stereocenters. The number of aliphatic hydroxyl groups excluding tert-OH is 1. The van der Waals surface area contributed by atoms with Crippen molar-refractivity contribution in [2.24, 2.45) is 0 Å². The van der Waals surface area contributed by atoms with Crippen molar-refractivity contribution in [3.8, 4) is 5.75 Å². The van der Waals surface area contributed by atoms with E-state index in [1.54, 1.807) is 18.4 Å². The Kier molecular flexibility index (Phi) is 4.80. The average Bonchev–Trinajstić information content (AvgIpc) is 2.84. The topological polar surface area (TPSA) is 29.5 Å². The van der Waals surface area contributed by atoms with Crippen molar-refractivity contribution >= 4 is 27.3 Å². The van der Waals surface area contributed by atoms with Crippen LogP contribution in [0.25, 0.3) is 0 Å². The molecule has 1 N–H and O–H groups in total. The molecule has 0 amide bonds. The summed E-state index contributed by atoms with van der Waals surface area (Å²) in [6.07, 6.45) is 0.948. The van der Waals surface area contributed by atoms with Crippen molar-refractivity contribution in [3.05, 3.63) is 50.6 Å². The van der Waals surface area contributed by atoms with Crippen LogP contribution >= 0.6 is 27.3 Å². The Labute approximate surface area is 119 Å². The van der Waals surface area contributed by atoms with Crippen LogP contribution in [0.15, 0.2) is 40.2 Å². The van der Waals surface area contributed by atoms with Gasteiger partial charge in [0.1, 0.15) is 5.75 Å². The summed E-state index contributed by atoms with van der Waals surface area (Å²) in [5, 5.41) is 12.1. The first-order chi connectivity index (χ1) is 8.69. The second-order valence-electron chi connectivity index (χ2n) is 4.10. The van der Waals surface area contributed by atoms with Crippen molar-refractivity contribution in [1.82, 2.24) is 0 Å². The monoisotopic (exact) mass is 326 g/mol. The maximum Gasteiger partial charge on any atom is 0.119 e. The Bertz CT molecular complexity index is 497. The van der Waals surface area contributed by atoms with Gasteiger partial charge in [0.2, 0.25) is 0 Å². The quantitative estimate of drug-likeness (QED) is 0.908. The molecule has 1 unspecified atom stereocenters. The maximum absolute atomic E-state index is 10.1.